The Bertz CT molecular complexity index is 612. The summed E-state index contributed by atoms with van der Waals surface area (Å²) in [5.74, 6) is 0.257. The van der Waals surface area contributed by atoms with Crippen LogP contribution in [0.4, 0.5) is 0 Å². The minimum Gasteiger partial charge on any atom is -0.495 e. The van der Waals surface area contributed by atoms with Crippen LogP contribution in [0.2, 0.25) is 5.02 Å². The van der Waals surface area contributed by atoms with Gasteiger partial charge in [-0.2, -0.15) is 0 Å². The van der Waals surface area contributed by atoms with E-state index in [-0.39, 0.29) is 22.7 Å². The second-order valence-corrected chi connectivity index (χ2v) is 7.41. The number of halogens is 1. The Morgan fingerprint density at radius 1 is 1.45 bits per heavy atom. The van der Waals surface area contributed by atoms with E-state index in [1.165, 1.54) is 13.2 Å². The molecule has 1 aromatic rings. The highest BCUT2D eigenvalue weighted by molar-refractivity contribution is 7.89. The van der Waals surface area contributed by atoms with Gasteiger partial charge >= 0.3 is 0 Å². The molecule has 0 spiro atoms. The van der Waals surface area contributed by atoms with E-state index in [0.29, 0.717) is 10.6 Å². The molecular weight excluding hydrogens is 300 g/mol. The summed E-state index contributed by atoms with van der Waals surface area (Å²) >= 11 is 5.98. The van der Waals surface area contributed by atoms with E-state index < -0.39 is 10.0 Å². The molecule has 3 N–H and O–H groups in total. The maximum Gasteiger partial charge on any atom is 0.244 e. The van der Waals surface area contributed by atoms with Gasteiger partial charge in [0, 0.05) is 22.7 Å². The van der Waals surface area contributed by atoms with Crippen LogP contribution in [0.5, 0.6) is 5.75 Å². The number of rotatable bonds is 5. The summed E-state index contributed by atoms with van der Waals surface area (Å²) in [6.45, 7) is 2.05. The second kappa shape index (κ2) is 5.52. The Labute approximate surface area is 124 Å². The van der Waals surface area contributed by atoms with E-state index in [2.05, 4.69) is 4.72 Å². The van der Waals surface area contributed by atoms with Crippen LogP contribution in [0.3, 0.4) is 0 Å². The van der Waals surface area contributed by atoms with Crippen LogP contribution in [0.1, 0.15) is 31.7 Å². The van der Waals surface area contributed by atoms with E-state index in [0.717, 1.165) is 19.3 Å². The smallest absolute Gasteiger partial charge is 0.244 e. The van der Waals surface area contributed by atoms with Crippen molar-refractivity contribution in [2.45, 2.75) is 43.2 Å². The second-order valence-electron chi connectivity index (χ2n) is 5.32. The van der Waals surface area contributed by atoms with Crippen LogP contribution < -0.4 is 15.2 Å². The molecule has 0 unspecified atom stereocenters. The monoisotopic (exact) mass is 318 g/mol. The van der Waals surface area contributed by atoms with Gasteiger partial charge in [0.2, 0.25) is 10.0 Å². The van der Waals surface area contributed by atoms with E-state index in [4.69, 9.17) is 22.1 Å². The van der Waals surface area contributed by atoms with Crippen LogP contribution in [-0.2, 0) is 16.6 Å². The first-order valence-electron chi connectivity index (χ1n) is 6.42. The van der Waals surface area contributed by atoms with Crippen molar-refractivity contribution in [3.05, 3.63) is 22.7 Å². The number of hydrogen-bond donors (Lipinski definition) is 2. The van der Waals surface area contributed by atoms with Gasteiger partial charge < -0.3 is 10.5 Å². The van der Waals surface area contributed by atoms with Crippen molar-refractivity contribution in [3.8, 4) is 5.75 Å². The summed E-state index contributed by atoms with van der Waals surface area (Å²) in [4.78, 5) is 0.0427. The number of methoxy groups -OCH3 is 1. The summed E-state index contributed by atoms with van der Waals surface area (Å²) in [5.41, 5.74) is 5.81. The predicted molar refractivity (Wildman–Crippen MR) is 78.5 cm³/mol. The minimum atomic E-state index is -3.69. The molecule has 0 aliphatic heterocycles. The third kappa shape index (κ3) is 2.93. The zero-order valence-electron chi connectivity index (χ0n) is 11.6. The van der Waals surface area contributed by atoms with Gasteiger partial charge in [0.05, 0.1) is 7.11 Å². The Morgan fingerprint density at radius 3 is 2.55 bits per heavy atom. The van der Waals surface area contributed by atoms with Crippen molar-refractivity contribution in [1.29, 1.82) is 0 Å². The Kier molecular flexibility index (Phi) is 4.30. The molecular formula is C13H19ClN2O3S. The number of nitrogens with two attached hydrogens (primary N) is 1. The molecule has 0 aromatic heterocycles. The van der Waals surface area contributed by atoms with Crippen LogP contribution in [0, 0.1) is 0 Å². The third-order valence-electron chi connectivity index (χ3n) is 3.65. The number of nitrogens with one attached hydrogen (secondary N) is 1. The average molecular weight is 319 g/mol. The Balaban J connectivity index is 2.47. The predicted octanol–water partition coefficient (Wildman–Crippen LogP) is 2.03. The number of hydrogen-bond acceptors (Lipinski definition) is 4. The lowest BCUT2D eigenvalue weighted by Crippen LogP contribution is -2.50. The molecule has 0 saturated heterocycles. The first kappa shape index (κ1) is 15.6. The molecule has 0 amide bonds. The normalized spacial score (nSPS) is 17.6. The van der Waals surface area contributed by atoms with Gasteiger partial charge in [0.15, 0.2) is 0 Å². The van der Waals surface area contributed by atoms with Gasteiger partial charge in [-0.1, -0.05) is 11.6 Å². The van der Waals surface area contributed by atoms with E-state index in [1.54, 1.807) is 6.07 Å². The van der Waals surface area contributed by atoms with Crippen molar-refractivity contribution >= 4 is 21.6 Å². The fraction of sp³-hybridized carbons (Fsp3) is 0.538. The fourth-order valence-corrected chi connectivity index (χ4v) is 4.40. The molecule has 0 heterocycles. The van der Waals surface area contributed by atoms with Gasteiger partial charge in [-0.05, 0) is 38.3 Å². The summed E-state index contributed by atoms with van der Waals surface area (Å²) < 4.78 is 33.0. The molecule has 112 valence electrons. The molecule has 7 heteroatoms. The van der Waals surface area contributed by atoms with Crippen LogP contribution in [0.15, 0.2) is 17.0 Å². The SMILES string of the molecule is COc1c(CN)cc(Cl)cc1S(=O)(=O)NC1(C)CCC1. The minimum absolute atomic E-state index is 0.0427. The molecule has 1 aliphatic carbocycles. The number of ether oxygens (including phenoxy) is 1. The maximum absolute atomic E-state index is 12.6. The van der Waals surface area contributed by atoms with Gasteiger partial charge in [0.25, 0.3) is 0 Å². The van der Waals surface area contributed by atoms with Gasteiger partial charge in [-0.25, -0.2) is 13.1 Å². The first-order valence-corrected chi connectivity index (χ1v) is 8.28. The molecule has 1 aliphatic rings. The number of benzene rings is 1. The van der Waals surface area contributed by atoms with Crippen molar-refractivity contribution < 1.29 is 13.2 Å². The Hall–Kier alpha value is -0.820. The molecule has 20 heavy (non-hydrogen) atoms. The molecule has 0 atom stereocenters. The Morgan fingerprint density at radius 2 is 2.10 bits per heavy atom. The zero-order chi connectivity index (χ0) is 15.0. The highest BCUT2D eigenvalue weighted by Crippen LogP contribution is 2.36. The number of sulfonamides is 1. The van der Waals surface area contributed by atoms with Crippen molar-refractivity contribution in [3.63, 3.8) is 0 Å². The van der Waals surface area contributed by atoms with Crippen molar-refractivity contribution in [1.82, 2.24) is 4.72 Å². The van der Waals surface area contributed by atoms with Crippen molar-refractivity contribution in [2.24, 2.45) is 5.73 Å². The lowest BCUT2D eigenvalue weighted by Gasteiger charge is -2.38. The van der Waals surface area contributed by atoms with E-state index >= 15 is 0 Å². The summed E-state index contributed by atoms with van der Waals surface area (Å²) in [7, 11) is -2.27. The van der Waals surface area contributed by atoms with Gasteiger partial charge in [0.1, 0.15) is 10.6 Å². The summed E-state index contributed by atoms with van der Waals surface area (Å²) in [6, 6.07) is 3.01. The quantitative estimate of drug-likeness (QED) is 0.870. The molecule has 0 bridgehead atoms. The maximum atomic E-state index is 12.6. The van der Waals surface area contributed by atoms with Crippen LogP contribution in [-0.4, -0.2) is 21.1 Å². The third-order valence-corrected chi connectivity index (χ3v) is 5.51. The molecule has 2 rings (SSSR count). The van der Waals surface area contributed by atoms with E-state index in [9.17, 15) is 8.42 Å². The van der Waals surface area contributed by atoms with Crippen molar-refractivity contribution in [2.75, 3.05) is 7.11 Å². The van der Waals surface area contributed by atoms with Crippen LogP contribution >= 0.6 is 11.6 Å². The average Bonchev–Trinajstić information content (AvgIpc) is 2.35. The topological polar surface area (TPSA) is 81.4 Å². The standard InChI is InChI=1S/C13H19ClN2O3S/c1-13(4-3-5-13)16-20(17,18)11-7-10(14)6-9(8-15)12(11)19-2/h6-7,16H,3-5,8,15H2,1-2H3. The highest BCUT2D eigenvalue weighted by Gasteiger charge is 2.37. The molecule has 1 saturated carbocycles. The zero-order valence-corrected chi connectivity index (χ0v) is 13.1. The fourth-order valence-electron chi connectivity index (χ4n) is 2.39. The first-order chi connectivity index (χ1) is 9.31. The molecule has 1 aromatic carbocycles. The molecule has 0 radical (unpaired) electrons. The van der Waals surface area contributed by atoms with E-state index in [1.807, 2.05) is 6.92 Å². The van der Waals surface area contributed by atoms with Crippen LogP contribution in [0.25, 0.3) is 0 Å². The van der Waals surface area contributed by atoms with Gasteiger partial charge in [-0.3, -0.25) is 0 Å². The molecule has 1 fully saturated rings. The lowest BCUT2D eigenvalue weighted by molar-refractivity contribution is 0.247. The molecule has 5 nitrogen and oxygen atoms in total. The summed E-state index contributed by atoms with van der Waals surface area (Å²) in [5, 5.41) is 0.324. The highest BCUT2D eigenvalue weighted by atomic mass is 35.5. The summed E-state index contributed by atoms with van der Waals surface area (Å²) in [6.07, 6.45) is 2.69. The lowest BCUT2D eigenvalue weighted by atomic mass is 9.80. The van der Waals surface area contributed by atoms with Gasteiger partial charge in [-0.15, -0.1) is 0 Å². The largest absolute Gasteiger partial charge is 0.495 e.